The van der Waals surface area contributed by atoms with Crippen LogP contribution in [-0.2, 0) is 13.0 Å². The van der Waals surface area contributed by atoms with Gasteiger partial charge in [-0.1, -0.05) is 38.1 Å². The lowest BCUT2D eigenvalue weighted by molar-refractivity contribution is 0.647. The van der Waals surface area contributed by atoms with Crippen LogP contribution in [0.2, 0.25) is 0 Å². The molecule has 0 aromatic heterocycles. The first kappa shape index (κ1) is 9.27. The van der Waals surface area contributed by atoms with Crippen LogP contribution < -0.4 is 5.73 Å². The van der Waals surface area contributed by atoms with E-state index in [1.807, 2.05) is 12.1 Å². The third kappa shape index (κ3) is 2.67. The van der Waals surface area contributed by atoms with Crippen LogP contribution in [0.1, 0.15) is 25.0 Å². The van der Waals surface area contributed by atoms with E-state index in [4.69, 9.17) is 5.73 Å². The number of hydrogen-bond donors (Lipinski definition) is 0. The van der Waals surface area contributed by atoms with Crippen molar-refractivity contribution < 1.29 is 0 Å². The smallest absolute Gasteiger partial charge is 0.0351 e. The molecule has 1 radical (unpaired) electrons. The molecule has 0 aliphatic heterocycles. The molecule has 1 aromatic carbocycles. The van der Waals surface area contributed by atoms with Gasteiger partial charge in [0.05, 0.1) is 0 Å². The van der Waals surface area contributed by atoms with Crippen LogP contribution in [0.25, 0.3) is 0 Å². The minimum absolute atomic E-state index is 0.391. The molecule has 1 N–H and O–H groups in total. The molecule has 0 heterocycles. The van der Waals surface area contributed by atoms with Gasteiger partial charge in [-0.2, -0.15) is 0 Å². The highest BCUT2D eigenvalue weighted by Crippen LogP contribution is 2.09. The average molecular weight is 162 g/mol. The summed E-state index contributed by atoms with van der Waals surface area (Å²) in [5, 5.41) is 0. The van der Waals surface area contributed by atoms with Crippen LogP contribution in [0, 0.1) is 5.92 Å². The first-order valence-electron chi connectivity index (χ1n) is 4.44. The summed E-state index contributed by atoms with van der Waals surface area (Å²) in [5.74, 6) is 0.715. The van der Waals surface area contributed by atoms with Crippen LogP contribution in [0.3, 0.4) is 0 Å². The maximum Gasteiger partial charge on any atom is 0.0351 e. The van der Waals surface area contributed by atoms with Gasteiger partial charge in [-0.25, -0.2) is 0 Å². The van der Waals surface area contributed by atoms with E-state index < -0.39 is 0 Å². The highest BCUT2D eigenvalue weighted by Gasteiger charge is 1.96. The fourth-order valence-electron chi connectivity index (χ4n) is 1.26. The van der Waals surface area contributed by atoms with Crippen LogP contribution in [0.5, 0.6) is 0 Å². The lowest BCUT2D eigenvalue weighted by Gasteiger charge is -2.04. The highest BCUT2D eigenvalue weighted by molar-refractivity contribution is 5.22. The van der Waals surface area contributed by atoms with E-state index in [-0.39, 0.29) is 0 Å². The first-order valence-corrected chi connectivity index (χ1v) is 4.44. The number of benzene rings is 1. The van der Waals surface area contributed by atoms with Crippen LogP contribution in [0.15, 0.2) is 24.3 Å². The molecule has 12 heavy (non-hydrogen) atoms. The molecule has 0 saturated heterocycles. The van der Waals surface area contributed by atoms with Crippen molar-refractivity contribution in [2.45, 2.75) is 26.8 Å². The van der Waals surface area contributed by atoms with Gasteiger partial charge in [0.25, 0.3) is 0 Å². The second kappa shape index (κ2) is 4.27. The van der Waals surface area contributed by atoms with E-state index in [9.17, 15) is 0 Å². The predicted octanol–water partition coefficient (Wildman–Crippen LogP) is 2.67. The summed E-state index contributed by atoms with van der Waals surface area (Å²) in [5.41, 5.74) is 9.63. The third-order valence-corrected chi connectivity index (χ3v) is 1.87. The average Bonchev–Trinajstić information content (AvgIpc) is 2.05. The van der Waals surface area contributed by atoms with Crippen molar-refractivity contribution in [1.82, 2.24) is 5.73 Å². The summed E-state index contributed by atoms with van der Waals surface area (Å²) >= 11 is 0. The molecule has 0 spiro atoms. The molecule has 0 fully saturated rings. The van der Waals surface area contributed by atoms with Gasteiger partial charge in [-0.15, -0.1) is 0 Å². The van der Waals surface area contributed by atoms with E-state index in [0.29, 0.717) is 12.5 Å². The zero-order valence-electron chi connectivity index (χ0n) is 7.80. The summed E-state index contributed by atoms with van der Waals surface area (Å²) in [6.07, 6.45) is 1.14. The van der Waals surface area contributed by atoms with Crippen molar-refractivity contribution in [3.8, 4) is 0 Å². The standard InChI is InChI=1S/C11H16N/c1-9(2)7-10-3-5-11(8-12)6-4-10/h3-6,9,12H,7-8H2,1-2H3. The molecule has 65 valence electrons. The molecule has 0 aliphatic rings. The SMILES string of the molecule is CC(C)Cc1ccc(C[NH])cc1. The van der Waals surface area contributed by atoms with Crippen molar-refractivity contribution in [2.75, 3.05) is 0 Å². The molecule has 1 heteroatoms. The van der Waals surface area contributed by atoms with E-state index >= 15 is 0 Å². The van der Waals surface area contributed by atoms with Crippen LogP contribution in [-0.4, -0.2) is 0 Å². The zero-order chi connectivity index (χ0) is 8.97. The van der Waals surface area contributed by atoms with Crippen molar-refractivity contribution in [2.24, 2.45) is 5.92 Å². The summed E-state index contributed by atoms with van der Waals surface area (Å²) in [6, 6.07) is 8.35. The number of rotatable bonds is 3. The molecule has 0 bridgehead atoms. The minimum Gasteiger partial charge on any atom is -0.253 e. The Morgan fingerprint density at radius 1 is 1.08 bits per heavy atom. The Morgan fingerprint density at radius 2 is 1.58 bits per heavy atom. The fraction of sp³-hybridized carbons (Fsp3) is 0.455. The summed E-state index contributed by atoms with van der Waals surface area (Å²) in [7, 11) is 0. The topological polar surface area (TPSA) is 23.8 Å². The van der Waals surface area contributed by atoms with Crippen LogP contribution >= 0.6 is 0 Å². The van der Waals surface area contributed by atoms with Crippen molar-refractivity contribution in [3.05, 3.63) is 35.4 Å². The van der Waals surface area contributed by atoms with E-state index in [1.54, 1.807) is 0 Å². The lowest BCUT2D eigenvalue weighted by Crippen LogP contribution is -1.94. The van der Waals surface area contributed by atoms with Crippen molar-refractivity contribution in [1.29, 1.82) is 0 Å². The third-order valence-electron chi connectivity index (χ3n) is 1.87. The minimum atomic E-state index is 0.391. The Kier molecular flexibility index (Phi) is 3.30. The lowest BCUT2D eigenvalue weighted by atomic mass is 10.0. The molecule has 1 rings (SSSR count). The van der Waals surface area contributed by atoms with Gasteiger partial charge >= 0.3 is 0 Å². The van der Waals surface area contributed by atoms with Gasteiger partial charge < -0.3 is 0 Å². The maximum absolute atomic E-state index is 7.16. The Morgan fingerprint density at radius 3 is 2.00 bits per heavy atom. The number of hydrogen-bond acceptors (Lipinski definition) is 0. The summed E-state index contributed by atoms with van der Waals surface area (Å²) < 4.78 is 0. The Bertz CT molecular complexity index is 223. The summed E-state index contributed by atoms with van der Waals surface area (Å²) in [6.45, 7) is 4.83. The number of nitrogens with one attached hydrogen (secondary N) is 1. The van der Waals surface area contributed by atoms with Crippen LogP contribution in [0.4, 0.5) is 0 Å². The van der Waals surface area contributed by atoms with Gasteiger partial charge in [0.2, 0.25) is 0 Å². The molecule has 1 aromatic rings. The maximum atomic E-state index is 7.16. The van der Waals surface area contributed by atoms with Gasteiger partial charge in [0, 0.05) is 6.54 Å². The van der Waals surface area contributed by atoms with Gasteiger partial charge in [-0.05, 0) is 23.5 Å². The van der Waals surface area contributed by atoms with E-state index in [2.05, 4.69) is 26.0 Å². The Hall–Kier alpha value is -0.820. The molecule has 1 nitrogen and oxygen atoms in total. The second-order valence-electron chi connectivity index (χ2n) is 3.59. The molecule has 0 amide bonds. The van der Waals surface area contributed by atoms with Crippen molar-refractivity contribution >= 4 is 0 Å². The van der Waals surface area contributed by atoms with Gasteiger partial charge in [-0.3, -0.25) is 5.73 Å². The molecule has 0 aliphatic carbocycles. The largest absolute Gasteiger partial charge is 0.253 e. The molecular weight excluding hydrogens is 146 g/mol. The van der Waals surface area contributed by atoms with E-state index in [0.717, 1.165) is 12.0 Å². The first-order chi connectivity index (χ1) is 5.72. The molecular formula is C11H16N. The summed E-state index contributed by atoms with van der Waals surface area (Å²) in [4.78, 5) is 0. The molecule has 0 unspecified atom stereocenters. The monoisotopic (exact) mass is 162 g/mol. The molecule has 0 atom stereocenters. The van der Waals surface area contributed by atoms with E-state index in [1.165, 1.54) is 5.56 Å². The Labute approximate surface area is 74.6 Å². The second-order valence-corrected chi connectivity index (χ2v) is 3.59. The van der Waals surface area contributed by atoms with Gasteiger partial charge in [0.15, 0.2) is 0 Å². The quantitative estimate of drug-likeness (QED) is 0.652. The highest BCUT2D eigenvalue weighted by atomic mass is 14.5. The normalized spacial score (nSPS) is 10.7. The van der Waals surface area contributed by atoms with Crippen molar-refractivity contribution in [3.63, 3.8) is 0 Å². The van der Waals surface area contributed by atoms with Gasteiger partial charge in [0.1, 0.15) is 0 Å². The zero-order valence-corrected chi connectivity index (χ0v) is 7.80. The fourth-order valence-corrected chi connectivity index (χ4v) is 1.26. The Balaban J connectivity index is 2.65. The molecule has 0 saturated carbocycles. The predicted molar refractivity (Wildman–Crippen MR) is 51.8 cm³/mol.